The van der Waals surface area contributed by atoms with Crippen molar-refractivity contribution in [3.8, 4) is 5.75 Å². The van der Waals surface area contributed by atoms with Gasteiger partial charge in [-0.25, -0.2) is 0 Å². The fourth-order valence-electron chi connectivity index (χ4n) is 2.73. The summed E-state index contributed by atoms with van der Waals surface area (Å²) in [5.41, 5.74) is 2.57. The highest BCUT2D eigenvalue weighted by atomic mass is 16.3. The number of rotatable bonds is 4. The third kappa shape index (κ3) is 2.65. The second-order valence-corrected chi connectivity index (χ2v) is 5.45. The molecule has 0 heterocycles. The normalized spacial score (nSPS) is 15.7. The van der Waals surface area contributed by atoms with Gasteiger partial charge in [0.2, 0.25) is 0 Å². The van der Waals surface area contributed by atoms with Crippen LogP contribution in [-0.2, 0) is 5.41 Å². The van der Waals surface area contributed by atoms with E-state index >= 15 is 0 Å². The van der Waals surface area contributed by atoms with Crippen LogP contribution >= 0.6 is 0 Å². The molecule has 1 heteroatoms. The van der Waals surface area contributed by atoms with Gasteiger partial charge in [-0.15, -0.1) is 0 Å². The number of aromatic hydroxyl groups is 1. The quantitative estimate of drug-likeness (QED) is 0.825. The zero-order valence-electron chi connectivity index (χ0n) is 11.9. The van der Waals surface area contributed by atoms with Crippen molar-refractivity contribution in [2.45, 2.75) is 38.5 Å². The van der Waals surface area contributed by atoms with Gasteiger partial charge in [0.25, 0.3) is 0 Å². The Morgan fingerprint density at radius 1 is 1.05 bits per heavy atom. The summed E-state index contributed by atoms with van der Waals surface area (Å²) in [6.45, 7) is 6.76. The Morgan fingerprint density at radius 2 is 1.74 bits per heavy atom. The first-order valence-electron chi connectivity index (χ1n) is 6.92. The molecule has 1 N–H and O–H groups in total. The Hall–Kier alpha value is -1.76. The Morgan fingerprint density at radius 3 is 2.32 bits per heavy atom. The van der Waals surface area contributed by atoms with Gasteiger partial charge in [0.1, 0.15) is 5.75 Å². The van der Waals surface area contributed by atoms with Crippen LogP contribution in [0.3, 0.4) is 0 Å². The maximum Gasteiger partial charge on any atom is 0.115 e. The van der Waals surface area contributed by atoms with Crippen molar-refractivity contribution in [3.05, 3.63) is 65.7 Å². The number of benzene rings is 2. The van der Waals surface area contributed by atoms with Gasteiger partial charge in [-0.2, -0.15) is 0 Å². The predicted octanol–water partition coefficient (Wildman–Crippen LogP) is 4.86. The molecule has 0 aliphatic carbocycles. The zero-order chi connectivity index (χ0) is 13.9. The molecule has 0 saturated carbocycles. The van der Waals surface area contributed by atoms with Crippen LogP contribution in [0.2, 0.25) is 0 Å². The van der Waals surface area contributed by atoms with Gasteiger partial charge in [0.15, 0.2) is 0 Å². The molecule has 2 atom stereocenters. The van der Waals surface area contributed by atoms with Gasteiger partial charge in [-0.3, -0.25) is 0 Å². The van der Waals surface area contributed by atoms with Crippen LogP contribution in [0.5, 0.6) is 5.75 Å². The zero-order valence-corrected chi connectivity index (χ0v) is 11.9. The second-order valence-electron chi connectivity index (χ2n) is 5.45. The Bertz CT molecular complexity index is 532. The highest BCUT2D eigenvalue weighted by molar-refractivity contribution is 5.36. The van der Waals surface area contributed by atoms with Crippen LogP contribution < -0.4 is 0 Å². The van der Waals surface area contributed by atoms with Crippen molar-refractivity contribution >= 4 is 0 Å². The van der Waals surface area contributed by atoms with E-state index in [1.54, 1.807) is 6.07 Å². The standard InChI is InChI=1S/C18H22O/c1-4-18(3,16-11-8-12-17(19)13-16)14(2)15-9-6-5-7-10-15/h5-14,19H,4H2,1-3H3. The maximum atomic E-state index is 9.72. The van der Waals surface area contributed by atoms with E-state index in [2.05, 4.69) is 51.1 Å². The average molecular weight is 254 g/mol. The number of phenolic OH excluding ortho intramolecular Hbond substituents is 1. The molecular formula is C18H22O. The van der Waals surface area contributed by atoms with Crippen LogP contribution in [0.1, 0.15) is 44.2 Å². The summed E-state index contributed by atoms with van der Waals surface area (Å²) >= 11 is 0. The van der Waals surface area contributed by atoms with Gasteiger partial charge < -0.3 is 5.11 Å². The lowest BCUT2D eigenvalue weighted by Gasteiger charge is -2.36. The molecule has 0 radical (unpaired) electrons. The molecule has 2 aromatic rings. The summed E-state index contributed by atoms with van der Waals surface area (Å²) in [6, 6.07) is 18.3. The second kappa shape index (κ2) is 5.48. The number of hydrogen-bond acceptors (Lipinski definition) is 1. The molecule has 0 aliphatic rings. The molecule has 1 nitrogen and oxygen atoms in total. The lowest BCUT2D eigenvalue weighted by Crippen LogP contribution is -2.28. The molecule has 0 saturated heterocycles. The first kappa shape index (κ1) is 13.7. The van der Waals surface area contributed by atoms with Gasteiger partial charge >= 0.3 is 0 Å². The Balaban J connectivity index is 2.43. The van der Waals surface area contributed by atoms with E-state index in [-0.39, 0.29) is 5.41 Å². The molecule has 19 heavy (non-hydrogen) atoms. The maximum absolute atomic E-state index is 9.72. The van der Waals surface area contributed by atoms with E-state index in [0.29, 0.717) is 11.7 Å². The molecule has 0 amide bonds. The third-order valence-electron chi connectivity index (χ3n) is 4.50. The molecule has 0 aromatic heterocycles. The minimum absolute atomic E-state index is 0.0279. The highest BCUT2D eigenvalue weighted by Gasteiger charge is 2.32. The van der Waals surface area contributed by atoms with E-state index in [1.165, 1.54) is 11.1 Å². The fourth-order valence-corrected chi connectivity index (χ4v) is 2.73. The largest absolute Gasteiger partial charge is 0.508 e. The van der Waals surface area contributed by atoms with E-state index < -0.39 is 0 Å². The molecular weight excluding hydrogens is 232 g/mol. The smallest absolute Gasteiger partial charge is 0.115 e. The number of hydrogen-bond donors (Lipinski definition) is 1. The van der Waals surface area contributed by atoms with Gasteiger partial charge in [-0.1, -0.05) is 63.2 Å². The SMILES string of the molecule is CCC(C)(c1cccc(O)c1)C(C)c1ccccc1. The number of phenols is 1. The summed E-state index contributed by atoms with van der Waals surface area (Å²) in [5, 5.41) is 9.72. The van der Waals surface area contributed by atoms with E-state index in [1.807, 2.05) is 18.2 Å². The Kier molecular flexibility index (Phi) is 3.94. The Labute approximate surface area is 115 Å². The van der Waals surface area contributed by atoms with Gasteiger partial charge in [0, 0.05) is 0 Å². The van der Waals surface area contributed by atoms with Crippen molar-refractivity contribution in [2.75, 3.05) is 0 Å². The van der Waals surface area contributed by atoms with Crippen molar-refractivity contribution in [1.29, 1.82) is 0 Å². The van der Waals surface area contributed by atoms with Crippen LogP contribution in [-0.4, -0.2) is 5.11 Å². The summed E-state index contributed by atoms with van der Waals surface area (Å²) < 4.78 is 0. The van der Waals surface area contributed by atoms with Crippen molar-refractivity contribution < 1.29 is 5.11 Å². The molecule has 0 fully saturated rings. The van der Waals surface area contributed by atoms with Crippen LogP contribution in [0.4, 0.5) is 0 Å². The van der Waals surface area contributed by atoms with Gasteiger partial charge in [-0.05, 0) is 41.0 Å². The van der Waals surface area contributed by atoms with Crippen molar-refractivity contribution in [3.63, 3.8) is 0 Å². The van der Waals surface area contributed by atoms with Crippen molar-refractivity contribution in [1.82, 2.24) is 0 Å². The molecule has 0 aliphatic heterocycles. The molecule has 0 spiro atoms. The first-order chi connectivity index (χ1) is 9.08. The molecule has 2 unspecified atom stereocenters. The minimum Gasteiger partial charge on any atom is -0.508 e. The summed E-state index contributed by atoms with van der Waals surface area (Å²) in [4.78, 5) is 0. The lowest BCUT2D eigenvalue weighted by atomic mass is 9.68. The fraction of sp³-hybridized carbons (Fsp3) is 0.333. The first-order valence-corrected chi connectivity index (χ1v) is 6.92. The lowest BCUT2D eigenvalue weighted by molar-refractivity contribution is 0.378. The monoisotopic (exact) mass is 254 g/mol. The summed E-state index contributed by atoms with van der Waals surface area (Å²) in [5.74, 6) is 0.748. The summed E-state index contributed by atoms with van der Waals surface area (Å²) in [6.07, 6.45) is 1.03. The van der Waals surface area contributed by atoms with Crippen LogP contribution in [0, 0.1) is 0 Å². The van der Waals surface area contributed by atoms with Gasteiger partial charge in [0.05, 0.1) is 0 Å². The predicted molar refractivity (Wildman–Crippen MR) is 80.6 cm³/mol. The third-order valence-corrected chi connectivity index (χ3v) is 4.50. The van der Waals surface area contributed by atoms with Crippen molar-refractivity contribution in [2.24, 2.45) is 0 Å². The molecule has 2 aromatic carbocycles. The topological polar surface area (TPSA) is 20.2 Å². The van der Waals surface area contributed by atoms with E-state index in [0.717, 1.165) is 6.42 Å². The van der Waals surface area contributed by atoms with Crippen LogP contribution in [0.25, 0.3) is 0 Å². The van der Waals surface area contributed by atoms with E-state index in [9.17, 15) is 5.11 Å². The highest BCUT2D eigenvalue weighted by Crippen LogP contribution is 2.42. The van der Waals surface area contributed by atoms with E-state index in [4.69, 9.17) is 0 Å². The minimum atomic E-state index is 0.0279. The molecule has 0 bridgehead atoms. The summed E-state index contributed by atoms with van der Waals surface area (Å²) in [7, 11) is 0. The molecule has 2 rings (SSSR count). The van der Waals surface area contributed by atoms with Crippen LogP contribution in [0.15, 0.2) is 54.6 Å². The average Bonchev–Trinajstić information content (AvgIpc) is 2.46. The molecule has 100 valence electrons.